The molecule has 0 unspecified atom stereocenters. The second-order valence-corrected chi connectivity index (χ2v) is 9.45. The minimum Gasteiger partial charge on any atom is -0.356 e. The van der Waals surface area contributed by atoms with E-state index in [9.17, 15) is 4.79 Å². The van der Waals surface area contributed by atoms with E-state index >= 15 is 0 Å². The number of rotatable bonds is 6. The topological polar surface area (TPSA) is 61.4 Å². The Morgan fingerprint density at radius 3 is 2.62 bits per heavy atom. The smallest absolute Gasteiger partial charge is 0.223 e. The van der Waals surface area contributed by atoms with Crippen LogP contribution in [0, 0.1) is 5.92 Å². The molecule has 1 aromatic carbocycles. The molecule has 32 heavy (non-hydrogen) atoms. The summed E-state index contributed by atoms with van der Waals surface area (Å²) in [6.45, 7) is 7.03. The predicted molar refractivity (Wildman–Crippen MR) is 128 cm³/mol. The summed E-state index contributed by atoms with van der Waals surface area (Å²) in [5, 5.41) is 3.26. The van der Waals surface area contributed by atoms with E-state index < -0.39 is 0 Å². The maximum absolute atomic E-state index is 12.8. The van der Waals surface area contributed by atoms with E-state index in [-0.39, 0.29) is 11.8 Å². The number of hydrogen-bond donors (Lipinski definition) is 1. The molecule has 170 valence electrons. The van der Waals surface area contributed by atoms with Crippen molar-refractivity contribution < 1.29 is 4.79 Å². The molecule has 1 atom stereocenters. The predicted octanol–water partition coefficient (Wildman–Crippen LogP) is 3.45. The molecule has 0 spiro atoms. The molecule has 1 amide bonds. The average molecular weight is 434 g/mol. The molecule has 2 aliphatic heterocycles. The molecule has 5 rings (SSSR count). The van der Waals surface area contributed by atoms with Crippen molar-refractivity contribution >= 4 is 11.7 Å². The highest BCUT2D eigenvalue weighted by atomic mass is 16.1. The lowest BCUT2D eigenvalue weighted by atomic mass is 9.95. The second-order valence-electron chi connectivity index (χ2n) is 9.45. The molecule has 2 fully saturated rings. The highest BCUT2D eigenvalue weighted by Crippen LogP contribution is 2.33. The summed E-state index contributed by atoms with van der Waals surface area (Å²) in [6, 6.07) is 10.8. The third-order valence-electron chi connectivity index (χ3n) is 7.53. The van der Waals surface area contributed by atoms with Gasteiger partial charge in [0.15, 0.2) is 5.82 Å². The number of nitrogens with one attached hydrogen (secondary N) is 1. The maximum Gasteiger partial charge on any atom is 0.223 e. The monoisotopic (exact) mass is 433 g/mol. The molecule has 3 aliphatic rings. The molecule has 0 saturated carbocycles. The van der Waals surface area contributed by atoms with Crippen LogP contribution in [0.5, 0.6) is 0 Å². The first-order chi connectivity index (χ1) is 15.7. The van der Waals surface area contributed by atoms with Gasteiger partial charge in [-0.3, -0.25) is 9.69 Å². The summed E-state index contributed by atoms with van der Waals surface area (Å²) >= 11 is 0. The van der Waals surface area contributed by atoms with Gasteiger partial charge in [0.05, 0.1) is 0 Å². The molecule has 3 heterocycles. The van der Waals surface area contributed by atoms with Crippen LogP contribution < -0.4 is 10.2 Å². The maximum atomic E-state index is 12.8. The number of anilines is 1. The van der Waals surface area contributed by atoms with Crippen molar-refractivity contribution in [2.24, 2.45) is 5.92 Å². The molecular weight excluding hydrogens is 398 g/mol. The Kier molecular flexibility index (Phi) is 6.39. The zero-order valence-electron chi connectivity index (χ0n) is 19.2. The lowest BCUT2D eigenvalue weighted by Crippen LogP contribution is -2.45. The van der Waals surface area contributed by atoms with Crippen LogP contribution in [-0.2, 0) is 17.6 Å². The van der Waals surface area contributed by atoms with Crippen molar-refractivity contribution in [1.29, 1.82) is 0 Å². The van der Waals surface area contributed by atoms with Crippen molar-refractivity contribution in [3.8, 4) is 11.4 Å². The van der Waals surface area contributed by atoms with Gasteiger partial charge in [-0.05, 0) is 58.0 Å². The van der Waals surface area contributed by atoms with E-state index in [0.717, 1.165) is 75.5 Å². The number of amides is 1. The normalized spacial score (nSPS) is 21.7. The number of nitrogens with zero attached hydrogens (tertiary/aromatic N) is 4. The van der Waals surface area contributed by atoms with E-state index in [1.807, 2.05) is 18.2 Å². The van der Waals surface area contributed by atoms with Crippen LogP contribution in [0.4, 0.5) is 5.82 Å². The van der Waals surface area contributed by atoms with Gasteiger partial charge < -0.3 is 10.2 Å². The zero-order chi connectivity index (χ0) is 21.9. The van der Waals surface area contributed by atoms with Crippen LogP contribution >= 0.6 is 0 Å². The Morgan fingerprint density at radius 1 is 1.03 bits per heavy atom. The summed E-state index contributed by atoms with van der Waals surface area (Å²) in [6.07, 6.45) is 7.51. The number of aromatic nitrogens is 2. The van der Waals surface area contributed by atoms with Crippen LogP contribution in [0.2, 0.25) is 0 Å². The first-order valence-electron chi connectivity index (χ1n) is 12.4. The first-order valence-corrected chi connectivity index (χ1v) is 12.4. The molecule has 1 aliphatic carbocycles. The summed E-state index contributed by atoms with van der Waals surface area (Å²) in [4.78, 5) is 27.6. The third kappa shape index (κ3) is 4.38. The fourth-order valence-corrected chi connectivity index (χ4v) is 5.65. The van der Waals surface area contributed by atoms with Gasteiger partial charge in [0.2, 0.25) is 5.91 Å². The lowest BCUT2D eigenvalue weighted by molar-refractivity contribution is -0.125. The lowest BCUT2D eigenvalue weighted by Gasteiger charge is -2.34. The van der Waals surface area contributed by atoms with Gasteiger partial charge >= 0.3 is 0 Å². The molecule has 1 N–H and O–H groups in total. The van der Waals surface area contributed by atoms with Crippen LogP contribution in [-0.4, -0.2) is 59.5 Å². The number of hydrogen-bond acceptors (Lipinski definition) is 5. The minimum absolute atomic E-state index is 0.117. The number of piperidine rings is 1. The Balaban J connectivity index is 1.23. The highest BCUT2D eigenvalue weighted by Gasteiger charge is 2.30. The molecular formula is C26H35N5O. The van der Waals surface area contributed by atoms with Crippen LogP contribution in [0.25, 0.3) is 11.4 Å². The summed E-state index contributed by atoms with van der Waals surface area (Å²) in [7, 11) is 0. The van der Waals surface area contributed by atoms with E-state index in [4.69, 9.17) is 9.97 Å². The molecule has 0 radical (unpaired) electrons. The Hall–Kier alpha value is -2.47. The summed E-state index contributed by atoms with van der Waals surface area (Å²) < 4.78 is 0. The Bertz CT molecular complexity index is 939. The number of carbonyl (C=O) groups excluding carboxylic acids is 1. The van der Waals surface area contributed by atoms with Gasteiger partial charge in [0.1, 0.15) is 5.82 Å². The second kappa shape index (κ2) is 9.57. The van der Waals surface area contributed by atoms with E-state index in [1.165, 1.54) is 30.6 Å². The molecule has 1 aromatic heterocycles. The Labute approximate surface area is 191 Å². The van der Waals surface area contributed by atoms with Crippen LogP contribution in [0.1, 0.15) is 50.3 Å². The van der Waals surface area contributed by atoms with Crippen molar-refractivity contribution in [2.45, 2.75) is 57.9 Å². The van der Waals surface area contributed by atoms with E-state index in [0.29, 0.717) is 6.04 Å². The number of carbonyl (C=O) groups is 1. The first kappa shape index (κ1) is 21.4. The molecule has 2 saturated heterocycles. The third-order valence-corrected chi connectivity index (χ3v) is 7.53. The van der Waals surface area contributed by atoms with Crippen molar-refractivity contribution in [1.82, 2.24) is 20.2 Å². The molecule has 6 heteroatoms. The summed E-state index contributed by atoms with van der Waals surface area (Å²) in [5.74, 6) is 2.30. The molecule has 0 bridgehead atoms. The Morgan fingerprint density at radius 2 is 1.84 bits per heavy atom. The fraction of sp³-hybridized carbons (Fsp3) is 0.577. The quantitative estimate of drug-likeness (QED) is 0.756. The standard InChI is InChI=1S/C26H35N5O/c1-2-30-15-7-10-21(30)18-27-26(32)20-13-16-31(17-14-20)25-22-11-6-12-23(22)28-24(29-25)19-8-4-3-5-9-19/h3-5,8-9,20-21H,2,6-7,10-18H2,1H3,(H,27,32)/t21-/m0/s1. The van der Waals surface area contributed by atoms with Gasteiger partial charge in [-0.15, -0.1) is 0 Å². The minimum atomic E-state index is 0.117. The van der Waals surface area contributed by atoms with Gasteiger partial charge in [-0.2, -0.15) is 0 Å². The van der Waals surface area contributed by atoms with Gasteiger partial charge in [-0.1, -0.05) is 37.3 Å². The molecule has 6 nitrogen and oxygen atoms in total. The number of aryl methyl sites for hydroxylation is 1. The highest BCUT2D eigenvalue weighted by molar-refractivity contribution is 5.79. The number of likely N-dealkylation sites (N-methyl/N-ethyl adjacent to an activating group) is 1. The van der Waals surface area contributed by atoms with E-state index in [2.05, 4.69) is 34.2 Å². The SMILES string of the molecule is CCN1CCC[C@H]1CNC(=O)C1CCN(c2nc(-c3ccccc3)nc3c2CCC3)CC1. The number of likely N-dealkylation sites (tertiary alicyclic amines) is 1. The largest absolute Gasteiger partial charge is 0.356 e. The molecule has 2 aromatic rings. The van der Waals surface area contributed by atoms with Gasteiger partial charge in [-0.25, -0.2) is 9.97 Å². The van der Waals surface area contributed by atoms with Crippen molar-refractivity contribution in [2.75, 3.05) is 37.6 Å². The van der Waals surface area contributed by atoms with Crippen LogP contribution in [0.3, 0.4) is 0 Å². The average Bonchev–Trinajstić information content (AvgIpc) is 3.51. The van der Waals surface area contributed by atoms with Gasteiger partial charge in [0, 0.05) is 48.4 Å². The number of fused-ring (bicyclic) bond motifs is 1. The van der Waals surface area contributed by atoms with E-state index in [1.54, 1.807) is 0 Å². The van der Waals surface area contributed by atoms with Gasteiger partial charge in [0.25, 0.3) is 0 Å². The van der Waals surface area contributed by atoms with Crippen molar-refractivity contribution in [3.05, 3.63) is 41.6 Å². The van der Waals surface area contributed by atoms with Crippen molar-refractivity contribution in [3.63, 3.8) is 0 Å². The fourth-order valence-electron chi connectivity index (χ4n) is 5.65. The summed E-state index contributed by atoms with van der Waals surface area (Å²) in [5.41, 5.74) is 3.62. The van der Waals surface area contributed by atoms with Crippen LogP contribution in [0.15, 0.2) is 30.3 Å². The zero-order valence-corrected chi connectivity index (χ0v) is 19.2. The number of benzene rings is 1.